The van der Waals surface area contributed by atoms with Crippen LogP contribution in [0.4, 0.5) is 0 Å². The van der Waals surface area contributed by atoms with Gasteiger partial charge in [0.1, 0.15) is 10.7 Å². The second kappa shape index (κ2) is 7.75. The fourth-order valence-corrected chi connectivity index (χ4v) is 3.18. The van der Waals surface area contributed by atoms with E-state index in [0.29, 0.717) is 27.1 Å². The molecule has 0 saturated carbocycles. The second-order valence-electron chi connectivity index (χ2n) is 5.23. The van der Waals surface area contributed by atoms with E-state index in [2.05, 4.69) is 20.3 Å². The fraction of sp³-hybridized carbons (Fsp3) is 0.188. The number of nitrogens with one attached hydrogen (secondary N) is 2. The monoisotopic (exact) mass is 377 g/mol. The smallest absolute Gasteiger partial charge is 0.268 e. The second-order valence-corrected chi connectivity index (χ2v) is 6.82. The van der Waals surface area contributed by atoms with Gasteiger partial charge in [-0.25, -0.2) is 4.98 Å². The third kappa shape index (κ3) is 4.05. The first-order valence-corrected chi connectivity index (χ1v) is 8.67. The summed E-state index contributed by atoms with van der Waals surface area (Å²) in [5, 5.41) is 13.2. The van der Waals surface area contributed by atoms with Crippen LogP contribution in [-0.2, 0) is 6.61 Å². The number of carbonyl (C=O) groups excluding carboxylic acids is 1. The van der Waals surface area contributed by atoms with Crippen molar-refractivity contribution in [3.05, 3.63) is 57.3 Å². The van der Waals surface area contributed by atoms with Crippen molar-refractivity contribution in [3.63, 3.8) is 0 Å². The predicted octanol–water partition coefficient (Wildman–Crippen LogP) is 2.11. The van der Waals surface area contributed by atoms with Crippen LogP contribution in [0.3, 0.4) is 0 Å². The zero-order chi connectivity index (χ0) is 17.8. The van der Waals surface area contributed by atoms with Gasteiger partial charge in [0.05, 0.1) is 33.9 Å². The molecule has 9 heteroatoms. The number of aliphatic hydroxyl groups excluding tert-OH is 1. The molecule has 0 fully saturated rings. The number of thiazole rings is 1. The Morgan fingerprint density at radius 1 is 1.32 bits per heavy atom. The summed E-state index contributed by atoms with van der Waals surface area (Å²) < 4.78 is 0. The normalized spacial score (nSPS) is 12.1. The topological polar surface area (TPSA) is 117 Å². The van der Waals surface area contributed by atoms with Crippen LogP contribution in [0.1, 0.15) is 26.4 Å². The molecule has 1 unspecified atom stereocenters. The molecule has 3 aromatic heterocycles. The molecule has 3 aromatic rings. The van der Waals surface area contributed by atoms with Crippen molar-refractivity contribution in [2.24, 2.45) is 5.73 Å². The predicted molar refractivity (Wildman–Crippen MR) is 96.3 cm³/mol. The van der Waals surface area contributed by atoms with Crippen LogP contribution in [0.2, 0.25) is 5.02 Å². The summed E-state index contributed by atoms with van der Waals surface area (Å²) in [6.45, 7) is 0.118. The Bertz CT molecular complexity index is 862. The number of nitrogens with two attached hydrogens (primary N) is 1. The van der Waals surface area contributed by atoms with Gasteiger partial charge < -0.3 is 21.1 Å². The number of amides is 1. The number of pyridine rings is 1. The largest absolute Gasteiger partial charge is 0.391 e. The number of hydrogen-bond acceptors (Lipinski definition) is 6. The van der Waals surface area contributed by atoms with Gasteiger partial charge >= 0.3 is 0 Å². The number of aromatic amines is 1. The maximum absolute atomic E-state index is 12.5. The van der Waals surface area contributed by atoms with Crippen LogP contribution < -0.4 is 11.1 Å². The lowest BCUT2D eigenvalue weighted by Crippen LogP contribution is -2.33. The summed E-state index contributed by atoms with van der Waals surface area (Å²) in [6, 6.07) is 6.53. The molecule has 130 valence electrons. The van der Waals surface area contributed by atoms with Crippen molar-refractivity contribution in [1.82, 2.24) is 20.3 Å². The van der Waals surface area contributed by atoms with Gasteiger partial charge in [0.15, 0.2) is 0 Å². The van der Waals surface area contributed by atoms with Crippen LogP contribution in [0, 0.1) is 0 Å². The standard InChI is InChI=1S/C16H16ClN5O2S/c17-9-1-2-11(19-6-9)12-3-4-13(21-12)15(24)22-14(5-18)16-20-7-10(8-23)25-16/h1-4,6-7,14,21,23H,5,8,18H2,(H,22,24). The van der Waals surface area contributed by atoms with E-state index in [1.165, 1.54) is 11.3 Å². The first-order chi connectivity index (χ1) is 12.1. The first-order valence-electron chi connectivity index (χ1n) is 7.48. The van der Waals surface area contributed by atoms with E-state index in [4.69, 9.17) is 22.4 Å². The minimum Gasteiger partial charge on any atom is -0.391 e. The molecule has 1 amide bonds. The Hall–Kier alpha value is -2.26. The molecule has 0 bridgehead atoms. The zero-order valence-electron chi connectivity index (χ0n) is 13.1. The van der Waals surface area contributed by atoms with Crippen molar-refractivity contribution >= 4 is 28.8 Å². The third-order valence-corrected chi connectivity index (χ3v) is 4.82. The summed E-state index contributed by atoms with van der Waals surface area (Å²) >= 11 is 7.15. The van der Waals surface area contributed by atoms with Crippen LogP contribution in [0.15, 0.2) is 36.7 Å². The lowest BCUT2D eigenvalue weighted by Gasteiger charge is -2.13. The number of halogens is 1. The van der Waals surface area contributed by atoms with E-state index in [-0.39, 0.29) is 19.1 Å². The maximum atomic E-state index is 12.5. The van der Waals surface area contributed by atoms with Gasteiger partial charge in [0.25, 0.3) is 5.91 Å². The number of rotatable bonds is 6. The van der Waals surface area contributed by atoms with Crippen molar-refractivity contribution in [1.29, 1.82) is 0 Å². The van der Waals surface area contributed by atoms with Crippen LogP contribution in [0.25, 0.3) is 11.4 Å². The van der Waals surface area contributed by atoms with E-state index in [1.807, 2.05) is 0 Å². The van der Waals surface area contributed by atoms with Crippen LogP contribution in [-0.4, -0.2) is 32.5 Å². The highest BCUT2D eigenvalue weighted by atomic mass is 35.5. The van der Waals surface area contributed by atoms with E-state index < -0.39 is 6.04 Å². The molecule has 0 radical (unpaired) electrons. The van der Waals surface area contributed by atoms with Gasteiger partial charge in [-0.1, -0.05) is 11.6 Å². The van der Waals surface area contributed by atoms with Crippen LogP contribution in [0.5, 0.6) is 0 Å². The average molecular weight is 378 g/mol. The van der Waals surface area contributed by atoms with Crippen molar-refractivity contribution in [2.75, 3.05) is 6.54 Å². The van der Waals surface area contributed by atoms with Gasteiger partial charge in [-0.2, -0.15) is 0 Å². The quantitative estimate of drug-likeness (QED) is 0.525. The molecule has 0 aliphatic rings. The number of carbonyl (C=O) groups is 1. The van der Waals surface area contributed by atoms with E-state index >= 15 is 0 Å². The molecule has 5 N–H and O–H groups in total. The molecule has 0 aromatic carbocycles. The third-order valence-electron chi connectivity index (χ3n) is 3.50. The molecule has 7 nitrogen and oxygen atoms in total. The first kappa shape index (κ1) is 17.6. The number of nitrogens with zero attached hydrogens (tertiary/aromatic N) is 2. The highest BCUT2D eigenvalue weighted by molar-refractivity contribution is 7.11. The molecule has 0 aliphatic carbocycles. The van der Waals surface area contributed by atoms with Crippen molar-refractivity contribution in [3.8, 4) is 11.4 Å². The van der Waals surface area contributed by atoms with Gasteiger partial charge in [-0.05, 0) is 24.3 Å². The number of H-pyrrole nitrogens is 1. The highest BCUT2D eigenvalue weighted by Crippen LogP contribution is 2.21. The summed E-state index contributed by atoms with van der Waals surface area (Å²) in [5.74, 6) is -0.295. The minimum atomic E-state index is -0.418. The molecule has 3 rings (SSSR count). The minimum absolute atomic E-state index is 0.0863. The number of hydrogen-bond donors (Lipinski definition) is 4. The molecule has 0 saturated heterocycles. The Morgan fingerprint density at radius 2 is 2.16 bits per heavy atom. The molecule has 0 aliphatic heterocycles. The summed E-state index contributed by atoms with van der Waals surface area (Å²) in [6.07, 6.45) is 3.12. The maximum Gasteiger partial charge on any atom is 0.268 e. The Balaban J connectivity index is 1.73. The molecular weight excluding hydrogens is 362 g/mol. The molecule has 3 heterocycles. The van der Waals surface area contributed by atoms with Crippen LogP contribution >= 0.6 is 22.9 Å². The van der Waals surface area contributed by atoms with Gasteiger partial charge in [0.2, 0.25) is 0 Å². The van der Waals surface area contributed by atoms with E-state index in [1.54, 1.807) is 36.7 Å². The lowest BCUT2D eigenvalue weighted by atomic mass is 10.3. The fourth-order valence-electron chi connectivity index (χ4n) is 2.23. The van der Waals surface area contributed by atoms with E-state index in [9.17, 15) is 4.79 Å². The molecule has 1 atom stereocenters. The summed E-state index contributed by atoms with van der Waals surface area (Å²) in [5.41, 5.74) is 7.54. The van der Waals surface area contributed by atoms with Crippen molar-refractivity contribution in [2.45, 2.75) is 12.6 Å². The molecule has 0 spiro atoms. The van der Waals surface area contributed by atoms with Gasteiger partial charge in [-0.3, -0.25) is 9.78 Å². The van der Waals surface area contributed by atoms with E-state index in [0.717, 1.165) is 4.88 Å². The van der Waals surface area contributed by atoms with Gasteiger partial charge in [0, 0.05) is 18.9 Å². The van der Waals surface area contributed by atoms with Crippen molar-refractivity contribution < 1.29 is 9.90 Å². The molecular formula is C16H16ClN5O2S. The Labute approximate surface area is 152 Å². The lowest BCUT2D eigenvalue weighted by molar-refractivity contribution is 0.0933. The Kier molecular flexibility index (Phi) is 5.44. The summed E-state index contributed by atoms with van der Waals surface area (Å²) in [4.78, 5) is 24.6. The number of aliphatic hydroxyl groups is 1. The molecule has 25 heavy (non-hydrogen) atoms. The number of aromatic nitrogens is 3. The van der Waals surface area contributed by atoms with Gasteiger partial charge in [-0.15, -0.1) is 11.3 Å². The summed E-state index contributed by atoms with van der Waals surface area (Å²) in [7, 11) is 0. The SMILES string of the molecule is NCC(NC(=O)c1ccc(-c2ccc(Cl)cn2)[nH]1)c1ncc(CO)s1. The highest BCUT2D eigenvalue weighted by Gasteiger charge is 2.19. The zero-order valence-corrected chi connectivity index (χ0v) is 14.6. The average Bonchev–Trinajstić information content (AvgIpc) is 3.29. The Morgan fingerprint density at radius 3 is 2.80 bits per heavy atom.